The van der Waals surface area contributed by atoms with Crippen LogP contribution < -0.4 is 10.2 Å². The zero-order valence-electron chi connectivity index (χ0n) is 15.1. The van der Waals surface area contributed by atoms with Crippen molar-refractivity contribution >= 4 is 23.2 Å². The third-order valence-corrected chi connectivity index (χ3v) is 5.40. The van der Waals surface area contributed by atoms with E-state index in [1.54, 1.807) is 18.2 Å². The minimum atomic E-state index is -0.509. The second kappa shape index (κ2) is 7.46. The molecular weight excluding hydrogens is 365 g/mol. The van der Waals surface area contributed by atoms with Crippen molar-refractivity contribution in [1.82, 2.24) is 0 Å². The van der Waals surface area contributed by atoms with Crippen LogP contribution in [0.25, 0.3) is 0 Å². The number of nitro groups is 1. The van der Waals surface area contributed by atoms with E-state index in [-0.39, 0.29) is 30.1 Å². The van der Waals surface area contributed by atoms with Crippen molar-refractivity contribution in [2.75, 3.05) is 23.4 Å². The monoisotopic (exact) mass is 385 g/mol. The third kappa shape index (κ3) is 3.49. The van der Waals surface area contributed by atoms with Crippen LogP contribution in [-0.2, 0) is 4.74 Å². The number of hydrogen-bond acceptors (Lipinski definition) is 5. The summed E-state index contributed by atoms with van der Waals surface area (Å²) in [4.78, 5) is 24.2. The largest absolute Gasteiger partial charge is 0.447 e. The van der Waals surface area contributed by atoms with Gasteiger partial charge in [0.1, 0.15) is 12.4 Å². The lowest BCUT2D eigenvalue weighted by Crippen LogP contribution is -2.27. The highest BCUT2D eigenvalue weighted by Crippen LogP contribution is 2.39. The average Bonchev–Trinajstić information content (AvgIpc) is 3.31. The summed E-state index contributed by atoms with van der Waals surface area (Å²) >= 11 is 0. The average molecular weight is 385 g/mol. The summed E-state index contributed by atoms with van der Waals surface area (Å²) in [5.74, 6) is -0.0642. The van der Waals surface area contributed by atoms with Crippen molar-refractivity contribution in [1.29, 1.82) is 0 Å². The topological polar surface area (TPSA) is 84.7 Å². The third-order valence-electron chi connectivity index (χ3n) is 5.40. The fourth-order valence-corrected chi connectivity index (χ4v) is 4.03. The predicted octanol–water partition coefficient (Wildman–Crippen LogP) is 4.44. The Morgan fingerprint density at radius 3 is 2.64 bits per heavy atom. The zero-order valence-corrected chi connectivity index (χ0v) is 15.1. The molecule has 1 saturated heterocycles. The van der Waals surface area contributed by atoms with Gasteiger partial charge in [-0.15, -0.1) is 0 Å². The number of benzene rings is 2. The highest BCUT2D eigenvalue weighted by Gasteiger charge is 2.32. The Bertz CT molecular complexity index is 903. The fourth-order valence-electron chi connectivity index (χ4n) is 4.03. The van der Waals surface area contributed by atoms with Crippen LogP contribution in [0.4, 0.5) is 26.2 Å². The number of anilines is 2. The number of rotatable bonds is 5. The summed E-state index contributed by atoms with van der Waals surface area (Å²) in [5, 5.41) is 14.7. The lowest BCUT2D eigenvalue weighted by Gasteiger charge is -2.25. The summed E-state index contributed by atoms with van der Waals surface area (Å²) in [6.45, 7) is 0.601. The van der Waals surface area contributed by atoms with Gasteiger partial charge in [-0.05, 0) is 36.6 Å². The van der Waals surface area contributed by atoms with E-state index in [2.05, 4.69) is 5.32 Å². The summed E-state index contributed by atoms with van der Waals surface area (Å²) in [6.07, 6.45) is 2.40. The van der Waals surface area contributed by atoms with Crippen LogP contribution in [0.3, 0.4) is 0 Å². The molecule has 2 aromatic rings. The first-order valence-corrected chi connectivity index (χ1v) is 9.27. The molecule has 1 heterocycles. The van der Waals surface area contributed by atoms with Gasteiger partial charge < -0.3 is 10.1 Å². The van der Waals surface area contributed by atoms with E-state index >= 15 is 0 Å². The fraction of sp³-hybridized carbons (Fsp3) is 0.350. The van der Waals surface area contributed by atoms with Crippen molar-refractivity contribution in [2.45, 2.75) is 31.2 Å². The zero-order chi connectivity index (χ0) is 19.7. The maximum Gasteiger partial charge on any atom is 0.414 e. The number of amides is 1. The van der Waals surface area contributed by atoms with Crippen LogP contribution >= 0.6 is 0 Å². The second-order valence-corrected chi connectivity index (χ2v) is 7.06. The molecule has 1 aliphatic heterocycles. The summed E-state index contributed by atoms with van der Waals surface area (Å²) in [7, 11) is 0. The van der Waals surface area contributed by atoms with Crippen LogP contribution in [0.5, 0.6) is 0 Å². The molecule has 28 heavy (non-hydrogen) atoms. The molecule has 4 rings (SSSR count). The van der Waals surface area contributed by atoms with E-state index in [0.717, 1.165) is 24.8 Å². The summed E-state index contributed by atoms with van der Waals surface area (Å²) in [5.41, 5.74) is 2.08. The predicted molar refractivity (Wildman–Crippen MR) is 102 cm³/mol. The normalized spacial score (nSPS) is 21.6. The van der Waals surface area contributed by atoms with E-state index in [1.165, 1.54) is 29.2 Å². The number of carbonyl (C=O) groups excluding carboxylic acids is 1. The van der Waals surface area contributed by atoms with Gasteiger partial charge in [0.25, 0.3) is 5.69 Å². The number of ether oxygens (including phenoxy) is 1. The molecule has 2 aliphatic rings. The van der Waals surface area contributed by atoms with Gasteiger partial charge in [0.2, 0.25) is 0 Å². The second-order valence-electron chi connectivity index (χ2n) is 7.06. The van der Waals surface area contributed by atoms with Gasteiger partial charge in [0, 0.05) is 24.1 Å². The molecule has 2 aromatic carbocycles. The molecule has 1 amide bonds. The highest BCUT2D eigenvalue weighted by molar-refractivity contribution is 5.94. The number of hydrogen-bond donors (Lipinski definition) is 1. The molecule has 0 radical (unpaired) electrons. The van der Waals surface area contributed by atoms with Crippen LogP contribution in [-0.4, -0.2) is 30.2 Å². The summed E-state index contributed by atoms with van der Waals surface area (Å²) in [6, 6.07) is 11.1. The van der Waals surface area contributed by atoms with Gasteiger partial charge in [-0.2, -0.15) is 0 Å². The Labute approximate surface area is 161 Å². The molecule has 1 N–H and O–H groups in total. The van der Waals surface area contributed by atoms with Gasteiger partial charge in [-0.25, -0.2) is 9.18 Å². The first kappa shape index (κ1) is 18.2. The molecular formula is C20H20FN3O4. The van der Waals surface area contributed by atoms with E-state index in [9.17, 15) is 19.3 Å². The van der Waals surface area contributed by atoms with Gasteiger partial charge in [-0.3, -0.25) is 15.0 Å². The van der Waals surface area contributed by atoms with Crippen molar-refractivity contribution < 1.29 is 18.8 Å². The molecule has 0 spiro atoms. The molecule has 0 aromatic heterocycles. The number of cyclic esters (lactones) is 1. The molecule has 8 heteroatoms. The van der Waals surface area contributed by atoms with E-state index in [1.807, 2.05) is 0 Å². The maximum absolute atomic E-state index is 13.3. The van der Waals surface area contributed by atoms with Crippen molar-refractivity contribution in [3.63, 3.8) is 0 Å². The molecule has 146 valence electrons. The van der Waals surface area contributed by atoms with Gasteiger partial charge in [0.05, 0.1) is 22.8 Å². The van der Waals surface area contributed by atoms with Crippen molar-refractivity contribution in [2.24, 2.45) is 0 Å². The molecule has 2 unspecified atom stereocenters. The molecule has 1 aliphatic carbocycles. The smallest absolute Gasteiger partial charge is 0.414 e. The number of nitrogens with one attached hydrogen (secondary N) is 1. The molecule has 2 atom stereocenters. The van der Waals surface area contributed by atoms with Crippen LogP contribution in [0, 0.1) is 15.9 Å². The first-order valence-electron chi connectivity index (χ1n) is 9.27. The number of non-ortho nitro benzene ring substituents is 1. The lowest BCUT2D eigenvalue weighted by atomic mass is 9.93. The molecule has 0 bridgehead atoms. The van der Waals surface area contributed by atoms with Gasteiger partial charge >= 0.3 is 6.09 Å². The number of carbonyl (C=O) groups is 1. The Balaban J connectivity index is 1.63. The Hall–Kier alpha value is -3.16. The van der Waals surface area contributed by atoms with E-state index < -0.39 is 11.0 Å². The van der Waals surface area contributed by atoms with Crippen molar-refractivity contribution in [3.05, 3.63) is 64.0 Å². The Morgan fingerprint density at radius 1 is 1.18 bits per heavy atom. The van der Waals surface area contributed by atoms with Crippen LogP contribution in [0.15, 0.2) is 42.5 Å². The van der Waals surface area contributed by atoms with Crippen LogP contribution in [0.1, 0.15) is 30.7 Å². The lowest BCUT2D eigenvalue weighted by molar-refractivity contribution is -0.384. The van der Waals surface area contributed by atoms with E-state index in [4.69, 9.17) is 4.74 Å². The highest BCUT2D eigenvalue weighted by atomic mass is 19.1. The minimum absolute atomic E-state index is 0.0817. The standard InChI is InChI=1S/C20H20FN3O4/c21-14-6-4-13(5-7-14)16-2-1-3-17(16)22-18-9-8-15(24(26)27)12-19(18)23-10-11-28-20(23)25/h4-9,12,16-17,22H,1-3,10-11H2. The Morgan fingerprint density at radius 2 is 1.96 bits per heavy atom. The van der Waals surface area contributed by atoms with Crippen LogP contribution in [0.2, 0.25) is 0 Å². The van der Waals surface area contributed by atoms with E-state index in [0.29, 0.717) is 17.9 Å². The quantitative estimate of drug-likeness (QED) is 0.608. The first-order chi connectivity index (χ1) is 13.5. The minimum Gasteiger partial charge on any atom is -0.447 e. The number of nitrogens with zero attached hydrogens (tertiary/aromatic N) is 2. The molecule has 1 saturated carbocycles. The number of halogens is 1. The van der Waals surface area contributed by atoms with Gasteiger partial charge in [-0.1, -0.05) is 18.6 Å². The Kier molecular flexibility index (Phi) is 4.85. The van der Waals surface area contributed by atoms with Gasteiger partial charge in [0.15, 0.2) is 0 Å². The SMILES string of the molecule is O=C1OCCN1c1cc([N+](=O)[O-])ccc1NC1CCCC1c1ccc(F)cc1. The maximum atomic E-state index is 13.3. The van der Waals surface area contributed by atoms with Crippen molar-refractivity contribution in [3.8, 4) is 0 Å². The molecule has 7 nitrogen and oxygen atoms in total. The number of nitro benzene ring substituents is 1. The molecule has 2 fully saturated rings. The summed E-state index contributed by atoms with van der Waals surface area (Å²) < 4.78 is 18.3.